The Morgan fingerprint density at radius 2 is 1.61 bits per heavy atom. The van der Waals surface area contributed by atoms with Crippen molar-refractivity contribution in [3.05, 3.63) is 41.1 Å². The summed E-state index contributed by atoms with van der Waals surface area (Å²) in [6.45, 7) is 8.75. The van der Waals surface area contributed by atoms with E-state index in [-0.39, 0.29) is 5.57 Å². The van der Waals surface area contributed by atoms with Crippen LogP contribution in [0.3, 0.4) is 0 Å². The highest BCUT2D eigenvalue weighted by atomic mass is 19.4. The van der Waals surface area contributed by atoms with Crippen LogP contribution >= 0.6 is 0 Å². The van der Waals surface area contributed by atoms with E-state index in [2.05, 4.69) is 0 Å². The largest absolute Gasteiger partial charge is 0.487 e. The van der Waals surface area contributed by atoms with Crippen molar-refractivity contribution in [1.29, 1.82) is 0 Å². The molecule has 0 amide bonds. The van der Waals surface area contributed by atoms with Crippen LogP contribution in [0.15, 0.2) is 24.2 Å². The predicted octanol–water partition coefficient (Wildman–Crippen LogP) is 4.88. The first-order valence-electron chi connectivity index (χ1n) is 7.25. The fourth-order valence-electron chi connectivity index (χ4n) is 2.41. The van der Waals surface area contributed by atoms with Crippen molar-refractivity contribution in [2.45, 2.75) is 52.0 Å². The van der Waals surface area contributed by atoms with E-state index in [9.17, 15) is 17.6 Å². The molecule has 0 aromatic heterocycles. The van der Waals surface area contributed by atoms with Crippen LogP contribution in [0, 0.1) is 5.82 Å². The lowest BCUT2D eigenvalue weighted by atomic mass is 9.84. The minimum Gasteiger partial charge on any atom is -0.400 e. The van der Waals surface area contributed by atoms with Gasteiger partial charge in [0.1, 0.15) is 5.82 Å². The van der Waals surface area contributed by atoms with Crippen molar-refractivity contribution in [1.82, 2.24) is 0 Å². The van der Waals surface area contributed by atoms with E-state index in [1.165, 1.54) is 12.9 Å². The van der Waals surface area contributed by atoms with E-state index in [0.29, 0.717) is 0 Å². The average Bonchev–Trinajstić information content (AvgIpc) is 2.55. The smallest absolute Gasteiger partial charge is 0.400 e. The number of hydrogen-bond acceptors (Lipinski definition) is 2. The normalized spacial score (nSPS) is 20.9. The van der Waals surface area contributed by atoms with E-state index < -0.39 is 41.4 Å². The topological polar surface area (TPSA) is 18.5 Å². The number of allylic oxidation sites excluding steroid dienone is 1. The first kappa shape index (κ1) is 18.0. The molecule has 1 aliphatic heterocycles. The molecule has 0 atom stereocenters. The second kappa shape index (κ2) is 5.63. The van der Waals surface area contributed by atoms with Crippen molar-refractivity contribution >= 4 is 12.7 Å². The Morgan fingerprint density at radius 1 is 1.09 bits per heavy atom. The Morgan fingerprint density at radius 3 is 2.09 bits per heavy atom. The highest BCUT2D eigenvalue weighted by molar-refractivity contribution is 6.53. The molecule has 0 N–H and O–H groups in total. The van der Waals surface area contributed by atoms with Gasteiger partial charge in [-0.15, -0.1) is 0 Å². The molecule has 0 aliphatic carbocycles. The van der Waals surface area contributed by atoms with Crippen LogP contribution in [-0.2, 0) is 15.5 Å². The van der Waals surface area contributed by atoms with Crippen LogP contribution in [0.25, 0.3) is 5.57 Å². The molecule has 1 fully saturated rings. The molecule has 1 heterocycles. The van der Waals surface area contributed by atoms with Crippen molar-refractivity contribution in [3.63, 3.8) is 0 Å². The molecule has 1 saturated heterocycles. The van der Waals surface area contributed by atoms with Crippen LogP contribution in [-0.4, -0.2) is 18.3 Å². The zero-order valence-electron chi connectivity index (χ0n) is 13.7. The lowest BCUT2D eigenvalue weighted by Crippen LogP contribution is -2.41. The predicted molar refractivity (Wildman–Crippen MR) is 81.1 cm³/mol. The first-order valence-corrected chi connectivity index (χ1v) is 7.25. The van der Waals surface area contributed by atoms with Crippen LogP contribution in [0.1, 0.15) is 45.7 Å². The number of benzene rings is 1. The maximum atomic E-state index is 14.0. The van der Waals surface area contributed by atoms with Crippen LogP contribution in [0.2, 0.25) is 0 Å². The molecule has 2 nitrogen and oxygen atoms in total. The minimum absolute atomic E-state index is 0.119. The maximum absolute atomic E-state index is 14.0. The quantitative estimate of drug-likeness (QED) is 0.568. The monoisotopic (exact) mass is 330 g/mol. The Hall–Kier alpha value is -1.34. The molecule has 0 saturated carbocycles. The molecule has 0 radical (unpaired) electrons. The second-order valence-corrected chi connectivity index (χ2v) is 6.63. The lowest BCUT2D eigenvalue weighted by Gasteiger charge is -2.32. The van der Waals surface area contributed by atoms with Crippen molar-refractivity contribution in [2.75, 3.05) is 0 Å². The molecule has 0 spiro atoms. The fraction of sp³-hybridized carbons (Fsp3) is 0.500. The summed E-state index contributed by atoms with van der Waals surface area (Å²) in [5, 5.41) is 0. The summed E-state index contributed by atoms with van der Waals surface area (Å²) in [4.78, 5) is 0. The van der Waals surface area contributed by atoms with Gasteiger partial charge in [0.2, 0.25) is 0 Å². The van der Waals surface area contributed by atoms with Gasteiger partial charge in [0, 0.05) is 5.56 Å². The van der Waals surface area contributed by atoms with Crippen LogP contribution < -0.4 is 0 Å². The number of alkyl halides is 3. The van der Waals surface area contributed by atoms with E-state index in [4.69, 9.17) is 9.31 Å². The van der Waals surface area contributed by atoms with E-state index in [1.807, 2.05) is 27.7 Å². The first-order chi connectivity index (χ1) is 10.3. The third-order valence-corrected chi connectivity index (χ3v) is 4.37. The van der Waals surface area contributed by atoms with Gasteiger partial charge in [-0.2, -0.15) is 13.2 Å². The standard InChI is InChI=1S/C16H19BF4O2/c1-10(9-17-22-14(2,3)15(4,5)23-17)13-11(16(19,20)21)7-6-8-12(13)18/h6-9H,1-5H3/b10-9+. The molecule has 2 rings (SSSR count). The molecule has 0 bridgehead atoms. The van der Waals surface area contributed by atoms with Gasteiger partial charge in [-0.1, -0.05) is 12.0 Å². The fourth-order valence-corrected chi connectivity index (χ4v) is 2.41. The number of halogens is 4. The Kier molecular flexibility index (Phi) is 4.41. The summed E-state index contributed by atoms with van der Waals surface area (Å²) in [6.07, 6.45) is -4.64. The molecule has 1 aromatic rings. The summed E-state index contributed by atoms with van der Waals surface area (Å²) < 4.78 is 64.7. The SMILES string of the molecule is C/C(=C\B1OC(C)(C)C(C)(C)O1)c1c(F)cccc1C(F)(F)F. The van der Waals surface area contributed by atoms with Crippen molar-refractivity contribution < 1.29 is 26.9 Å². The third kappa shape index (κ3) is 3.45. The molecule has 126 valence electrons. The zero-order chi connectivity index (χ0) is 17.6. The van der Waals surface area contributed by atoms with Gasteiger partial charge in [-0.25, -0.2) is 4.39 Å². The van der Waals surface area contributed by atoms with E-state index in [0.717, 1.165) is 18.2 Å². The minimum atomic E-state index is -4.64. The van der Waals surface area contributed by atoms with Gasteiger partial charge in [0.25, 0.3) is 0 Å². The number of hydrogen-bond donors (Lipinski definition) is 0. The van der Waals surface area contributed by atoms with Gasteiger partial charge >= 0.3 is 13.3 Å². The van der Waals surface area contributed by atoms with Gasteiger partial charge < -0.3 is 9.31 Å². The summed E-state index contributed by atoms with van der Waals surface area (Å²) in [5.74, 6) is 0.453. The van der Waals surface area contributed by atoms with Gasteiger partial charge in [0.05, 0.1) is 16.8 Å². The van der Waals surface area contributed by atoms with Gasteiger partial charge in [-0.3, -0.25) is 0 Å². The third-order valence-electron chi connectivity index (χ3n) is 4.37. The molecule has 7 heteroatoms. The van der Waals surface area contributed by atoms with Gasteiger partial charge in [-0.05, 0) is 52.3 Å². The molecule has 0 unspecified atom stereocenters. The van der Waals surface area contributed by atoms with E-state index in [1.54, 1.807) is 0 Å². The lowest BCUT2D eigenvalue weighted by molar-refractivity contribution is -0.138. The van der Waals surface area contributed by atoms with Crippen LogP contribution in [0.4, 0.5) is 17.6 Å². The van der Waals surface area contributed by atoms with E-state index >= 15 is 0 Å². The Bertz CT molecular complexity index is 619. The summed E-state index contributed by atoms with van der Waals surface area (Å²) in [6, 6.07) is 2.91. The summed E-state index contributed by atoms with van der Waals surface area (Å²) in [7, 11) is -0.833. The van der Waals surface area contributed by atoms with Crippen molar-refractivity contribution in [3.8, 4) is 0 Å². The summed E-state index contributed by atoms with van der Waals surface area (Å²) >= 11 is 0. The Labute approximate surface area is 133 Å². The summed E-state index contributed by atoms with van der Waals surface area (Å²) in [5.41, 5.74) is -2.60. The molecular weight excluding hydrogens is 311 g/mol. The highest BCUT2D eigenvalue weighted by Crippen LogP contribution is 2.39. The molecule has 23 heavy (non-hydrogen) atoms. The van der Waals surface area contributed by atoms with Gasteiger partial charge in [0.15, 0.2) is 0 Å². The van der Waals surface area contributed by atoms with Crippen molar-refractivity contribution in [2.24, 2.45) is 0 Å². The van der Waals surface area contributed by atoms with Crippen LogP contribution in [0.5, 0.6) is 0 Å². The zero-order valence-corrected chi connectivity index (χ0v) is 13.7. The molecule has 1 aromatic carbocycles. The number of rotatable bonds is 2. The Balaban J connectivity index is 2.41. The molecular formula is C16H19BF4O2. The molecule has 1 aliphatic rings. The maximum Gasteiger partial charge on any atom is 0.487 e. The average molecular weight is 330 g/mol. The second-order valence-electron chi connectivity index (χ2n) is 6.63. The highest BCUT2D eigenvalue weighted by Gasteiger charge is 2.50.